The number of alkyl halides is 3. The van der Waals surface area contributed by atoms with Gasteiger partial charge >= 0.3 is 6.18 Å². The minimum absolute atomic E-state index is 0.0181. The number of nitrogens with zero attached hydrogens (tertiary/aromatic N) is 3. The lowest BCUT2D eigenvalue weighted by Gasteiger charge is -2.12. The molecule has 148 valence electrons. The van der Waals surface area contributed by atoms with E-state index in [4.69, 9.17) is 0 Å². The van der Waals surface area contributed by atoms with Gasteiger partial charge in [-0.25, -0.2) is 14.1 Å². The van der Waals surface area contributed by atoms with Gasteiger partial charge in [-0.15, -0.1) is 0 Å². The van der Waals surface area contributed by atoms with E-state index in [2.05, 4.69) is 10.1 Å². The maximum Gasteiger partial charge on any atom is 0.417 e. The Morgan fingerprint density at radius 3 is 2.21 bits per heavy atom. The minimum Gasteiger partial charge on any atom is -0.243 e. The molecule has 0 fully saturated rings. The van der Waals surface area contributed by atoms with Crippen molar-refractivity contribution in [2.45, 2.75) is 26.6 Å². The average molecular weight is 399 g/mol. The third-order valence-corrected chi connectivity index (χ3v) is 4.78. The van der Waals surface area contributed by atoms with E-state index in [0.29, 0.717) is 12.1 Å². The van der Waals surface area contributed by atoms with Crippen LogP contribution in [0.4, 0.5) is 17.6 Å². The van der Waals surface area contributed by atoms with E-state index >= 15 is 0 Å². The van der Waals surface area contributed by atoms with Gasteiger partial charge in [0.25, 0.3) is 0 Å². The van der Waals surface area contributed by atoms with Crippen molar-refractivity contribution in [2.75, 3.05) is 0 Å². The van der Waals surface area contributed by atoms with Crippen LogP contribution >= 0.6 is 0 Å². The molecule has 0 unspecified atom stereocenters. The SMILES string of the molecule is Cc1ccc(Cn2nc(C)c3c(C(F)(F)F)cc(-c4ccc(F)cc4)nc32)cc1. The summed E-state index contributed by atoms with van der Waals surface area (Å²) in [6, 6.07) is 13.9. The summed E-state index contributed by atoms with van der Waals surface area (Å²) in [4.78, 5) is 4.46. The molecule has 0 aliphatic heterocycles. The summed E-state index contributed by atoms with van der Waals surface area (Å²) in [6.45, 7) is 3.80. The van der Waals surface area contributed by atoms with Crippen molar-refractivity contribution in [3.63, 3.8) is 0 Å². The first kappa shape index (κ1) is 19.1. The van der Waals surface area contributed by atoms with Crippen LogP contribution in [0, 0.1) is 19.7 Å². The van der Waals surface area contributed by atoms with Crippen LogP contribution < -0.4 is 0 Å². The standard InChI is InChI=1S/C22H17F4N3/c1-13-3-5-15(6-4-13)12-29-21-20(14(2)28-29)18(22(24,25)26)11-19(27-21)16-7-9-17(23)10-8-16/h3-11H,12H2,1-2H3. The number of hydrogen-bond donors (Lipinski definition) is 0. The van der Waals surface area contributed by atoms with Gasteiger partial charge in [-0.1, -0.05) is 29.8 Å². The number of halogens is 4. The lowest BCUT2D eigenvalue weighted by molar-refractivity contribution is -0.136. The largest absolute Gasteiger partial charge is 0.417 e. The van der Waals surface area contributed by atoms with E-state index in [1.54, 1.807) is 6.92 Å². The zero-order chi connectivity index (χ0) is 20.8. The third kappa shape index (κ3) is 3.72. The number of aryl methyl sites for hydroxylation is 2. The van der Waals surface area contributed by atoms with Crippen LogP contribution in [-0.2, 0) is 12.7 Å². The lowest BCUT2D eigenvalue weighted by Crippen LogP contribution is -2.08. The van der Waals surface area contributed by atoms with Crippen LogP contribution in [0.25, 0.3) is 22.3 Å². The Kier molecular flexibility index (Phi) is 4.61. The molecule has 0 saturated heterocycles. The summed E-state index contributed by atoms with van der Waals surface area (Å²) >= 11 is 0. The molecule has 0 bridgehead atoms. The fraction of sp³-hybridized carbons (Fsp3) is 0.182. The predicted octanol–water partition coefficient (Wildman–Crippen LogP) is 5.92. The van der Waals surface area contributed by atoms with Crippen LogP contribution in [0.3, 0.4) is 0 Å². The maximum atomic E-state index is 13.8. The Labute approximate surface area is 164 Å². The number of hydrogen-bond acceptors (Lipinski definition) is 2. The van der Waals surface area contributed by atoms with Gasteiger partial charge in [0.15, 0.2) is 5.65 Å². The first-order chi connectivity index (χ1) is 13.7. The average Bonchev–Trinajstić information content (AvgIpc) is 2.98. The summed E-state index contributed by atoms with van der Waals surface area (Å²) in [7, 11) is 0. The Bertz CT molecular complexity index is 1170. The Balaban J connectivity index is 1.92. The van der Waals surface area contributed by atoms with Crippen molar-refractivity contribution in [3.8, 4) is 11.3 Å². The Morgan fingerprint density at radius 2 is 1.59 bits per heavy atom. The number of aromatic nitrogens is 3. The lowest BCUT2D eigenvalue weighted by atomic mass is 10.1. The van der Waals surface area contributed by atoms with Crippen molar-refractivity contribution in [3.05, 3.63) is 82.8 Å². The van der Waals surface area contributed by atoms with Gasteiger partial charge in [0.05, 0.1) is 28.9 Å². The molecule has 4 rings (SSSR count). The number of fused-ring (bicyclic) bond motifs is 1. The van der Waals surface area contributed by atoms with Crippen LogP contribution in [0.15, 0.2) is 54.6 Å². The quantitative estimate of drug-likeness (QED) is 0.400. The molecule has 0 N–H and O–H groups in total. The van der Waals surface area contributed by atoms with Crippen LogP contribution in [0.5, 0.6) is 0 Å². The molecule has 0 spiro atoms. The van der Waals surface area contributed by atoms with Gasteiger partial charge in [0.2, 0.25) is 0 Å². The minimum atomic E-state index is -4.57. The fourth-order valence-corrected chi connectivity index (χ4v) is 3.32. The van der Waals surface area contributed by atoms with E-state index in [1.807, 2.05) is 31.2 Å². The molecule has 4 aromatic rings. The molecular formula is C22H17F4N3. The molecule has 0 atom stereocenters. The summed E-state index contributed by atoms with van der Waals surface area (Å²) in [5, 5.41) is 4.31. The highest BCUT2D eigenvalue weighted by molar-refractivity contribution is 5.85. The highest BCUT2D eigenvalue weighted by Gasteiger charge is 2.35. The molecule has 0 aliphatic carbocycles. The van der Waals surface area contributed by atoms with Gasteiger partial charge < -0.3 is 0 Å². The number of rotatable bonds is 3. The summed E-state index contributed by atoms with van der Waals surface area (Å²) in [5.41, 5.74) is 2.13. The fourth-order valence-electron chi connectivity index (χ4n) is 3.32. The van der Waals surface area contributed by atoms with Gasteiger partial charge in [-0.05, 0) is 49.7 Å². The summed E-state index contributed by atoms with van der Waals surface area (Å²) in [5.74, 6) is -0.467. The molecule has 7 heteroatoms. The van der Waals surface area contributed by atoms with Crippen molar-refractivity contribution in [2.24, 2.45) is 0 Å². The zero-order valence-electron chi connectivity index (χ0n) is 15.8. The smallest absolute Gasteiger partial charge is 0.243 e. The second-order valence-corrected chi connectivity index (χ2v) is 6.99. The van der Waals surface area contributed by atoms with Crippen molar-refractivity contribution in [1.82, 2.24) is 14.8 Å². The van der Waals surface area contributed by atoms with Crippen molar-refractivity contribution >= 4 is 11.0 Å². The molecule has 0 radical (unpaired) electrons. The molecular weight excluding hydrogens is 382 g/mol. The molecule has 0 saturated carbocycles. The zero-order valence-corrected chi connectivity index (χ0v) is 15.8. The van der Waals surface area contributed by atoms with E-state index in [-0.39, 0.29) is 22.4 Å². The highest BCUT2D eigenvalue weighted by Crippen LogP contribution is 2.38. The molecule has 2 heterocycles. The Morgan fingerprint density at radius 1 is 0.931 bits per heavy atom. The first-order valence-corrected chi connectivity index (χ1v) is 8.99. The second kappa shape index (κ2) is 6.99. The molecule has 2 aromatic heterocycles. The van der Waals surface area contributed by atoms with Crippen LogP contribution in [-0.4, -0.2) is 14.8 Å². The van der Waals surface area contributed by atoms with E-state index < -0.39 is 17.6 Å². The van der Waals surface area contributed by atoms with Crippen molar-refractivity contribution in [1.29, 1.82) is 0 Å². The molecule has 0 aliphatic rings. The van der Waals surface area contributed by atoms with Gasteiger partial charge in [0, 0.05) is 5.56 Å². The monoisotopic (exact) mass is 399 g/mol. The van der Waals surface area contributed by atoms with Crippen LogP contribution in [0.1, 0.15) is 22.4 Å². The molecule has 29 heavy (non-hydrogen) atoms. The number of pyridine rings is 1. The summed E-state index contributed by atoms with van der Waals surface area (Å²) in [6.07, 6.45) is -4.57. The van der Waals surface area contributed by atoms with E-state index in [1.165, 1.54) is 28.9 Å². The Hall–Kier alpha value is -3.22. The van der Waals surface area contributed by atoms with E-state index in [0.717, 1.165) is 17.2 Å². The first-order valence-electron chi connectivity index (χ1n) is 8.99. The van der Waals surface area contributed by atoms with Gasteiger partial charge in [0.1, 0.15) is 5.82 Å². The topological polar surface area (TPSA) is 30.7 Å². The maximum absolute atomic E-state index is 13.8. The predicted molar refractivity (Wildman–Crippen MR) is 103 cm³/mol. The molecule has 2 aromatic carbocycles. The summed E-state index contributed by atoms with van der Waals surface area (Å²) < 4.78 is 56.2. The molecule has 0 amide bonds. The normalized spacial score (nSPS) is 11.9. The third-order valence-electron chi connectivity index (χ3n) is 4.78. The molecule has 3 nitrogen and oxygen atoms in total. The van der Waals surface area contributed by atoms with Gasteiger partial charge in [-0.2, -0.15) is 18.3 Å². The van der Waals surface area contributed by atoms with Gasteiger partial charge in [-0.3, -0.25) is 0 Å². The van der Waals surface area contributed by atoms with Crippen molar-refractivity contribution < 1.29 is 17.6 Å². The van der Waals surface area contributed by atoms with Crippen LogP contribution in [0.2, 0.25) is 0 Å². The second-order valence-electron chi connectivity index (χ2n) is 6.99. The number of benzene rings is 2. The van der Waals surface area contributed by atoms with E-state index in [9.17, 15) is 17.6 Å². The highest BCUT2D eigenvalue weighted by atomic mass is 19.4.